The molecule has 0 aliphatic rings. The summed E-state index contributed by atoms with van der Waals surface area (Å²) in [6, 6.07) is 0. The average molecular weight is 290 g/mol. The van der Waals surface area contributed by atoms with Crippen molar-refractivity contribution in [2.75, 3.05) is 13.1 Å². The molecule has 0 aliphatic heterocycles. The number of aryl methyl sites for hydroxylation is 1. The highest BCUT2D eigenvalue weighted by Crippen LogP contribution is 2.15. The van der Waals surface area contributed by atoms with E-state index in [1.54, 1.807) is 20.8 Å². The van der Waals surface area contributed by atoms with Crippen LogP contribution in [0.4, 0.5) is 0 Å². The first-order chi connectivity index (χ1) is 8.28. The van der Waals surface area contributed by atoms with Gasteiger partial charge in [0, 0.05) is 19.0 Å². The summed E-state index contributed by atoms with van der Waals surface area (Å²) >= 11 is 4.86. The van der Waals surface area contributed by atoms with Gasteiger partial charge in [0.25, 0.3) is 10.0 Å². The van der Waals surface area contributed by atoms with Crippen molar-refractivity contribution in [2.45, 2.75) is 25.8 Å². The number of nitrogens with one attached hydrogen (secondary N) is 1. The Morgan fingerprint density at radius 1 is 1.67 bits per heavy atom. The molecule has 0 aliphatic carbocycles. The smallest absolute Gasteiger partial charge is 0.260 e. The Balaban J connectivity index is 2.97. The van der Waals surface area contributed by atoms with Gasteiger partial charge < -0.3 is 10.7 Å². The van der Waals surface area contributed by atoms with Crippen molar-refractivity contribution in [3.8, 4) is 0 Å². The summed E-state index contributed by atoms with van der Waals surface area (Å²) in [5.74, 6) is 0.394. The van der Waals surface area contributed by atoms with Crippen LogP contribution in [-0.2, 0) is 10.0 Å². The first-order valence-corrected chi connectivity index (χ1v) is 7.45. The second-order valence-electron chi connectivity index (χ2n) is 4.09. The number of H-pyrrole nitrogens is 1. The number of hydrogen-bond donors (Lipinski definition) is 2. The third-order valence-electron chi connectivity index (χ3n) is 2.61. The van der Waals surface area contributed by atoms with Crippen molar-refractivity contribution in [2.24, 2.45) is 11.7 Å². The maximum Gasteiger partial charge on any atom is 0.260 e. The molecule has 18 heavy (non-hydrogen) atoms. The highest BCUT2D eigenvalue weighted by molar-refractivity contribution is 7.89. The summed E-state index contributed by atoms with van der Waals surface area (Å²) in [4.78, 5) is 6.94. The molecule has 0 radical (unpaired) electrons. The number of rotatable bonds is 6. The number of nitrogens with zero attached hydrogens (tertiary/aromatic N) is 2. The van der Waals surface area contributed by atoms with Gasteiger partial charge in [0.05, 0.1) is 11.2 Å². The molecule has 0 aromatic carbocycles. The number of aromatic amines is 1. The largest absolute Gasteiger partial charge is 0.393 e. The molecule has 3 N–H and O–H groups in total. The lowest BCUT2D eigenvalue weighted by molar-refractivity contribution is 0.403. The van der Waals surface area contributed by atoms with Crippen molar-refractivity contribution < 1.29 is 8.42 Å². The highest BCUT2D eigenvalue weighted by atomic mass is 32.2. The fourth-order valence-corrected chi connectivity index (χ4v) is 3.04. The zero-order valence-electron chi connectivity index (χ0n) is 10.7. The van der Waals surface area contributed by atoms with Crippen molar-refractivity contribution in [3.63, 3.8) is 0 Å². The van der Waals surface area contributed by atoms with Crippen molar-refractivity contribution in [1.82, 2.24) is 14.3 Å². The minimum Gasteiger partial charge on any atom is -0.393 e. The topological polar surface area (TPSA) is 92.1 Å². The number of imidazole rings is 1. The second-order valence-corrected chi connectivity index (χ2v) is 6.47. The van der Waals surface area contributed by atoms with Crippen LogP contribution in [0.3, 0.4) is 0 Å². The first kappa shape index (κ1) is 15.1. The molecule has 0 bridgehead atoms. The summed E-state index contributed by atoms with van der Waals surface area (Å²) < 4.78 is 25.9. The molecular formula is C10H18N4O2S2. The summed E-state index contributed by atoms with van der Waals surface area (Å²) in [6.07, 6.45) is 1.32. The summed E-state index contributed by atoms with van der Waals surface area (Å²) in [6.45, 7) is 5.90. The van der Waals surface area contributed by atoms with E-state index < -0.39 is 10.0 Å². The fourth-order valence-electron chi connectivity index (χ4n) is 1.46. The van der Waals surface area contributed by atoms with E-state index in [0.29, 0.717) is 17.4 Å². The van der Waals surface area contributed by atoms with Crippen molar-refractivity contribution in [3.05, 3.63) is 12.0 Å². The molecule has 0 spiro atoms. The highest BCUT2D eigenvalue weighted by Gasteiger charge is 2.26. The first-order valence-electron chi connectivity index (χ1n) is 5.60. The minimum absolute atomic E-state index is 0.0944. The van der Waals surface area contributed by atoms with E-state index in [2.05, 4.69) is 9.97 Å². The van der Waals surface area contributed by atoms with E-state index in [-0.39, 0.29) is 17.5 Å². The van der Waals surface area contributed by atoms with Gasteiger partial charge in [-0.05, 0) is 6.92 Å². The third-order valence-corrected chi connectivity index (χ3v) is 4.87. The van der Waals surface area contributed by atoms with Crippen molar-refractivity contribution in [1.29, 1.82) is 0 Å². The lowest BCUT2D eigenvalue weighted by atomic mass is 10.2. The molecule has 1 rings (SSSR count). The lowest BCUT2D eigenvalue weighted by Gasteiger charge is -2.22. The molecule has 1 unspecified atom stereocenters. The number of thiocarbonyl (C=S) groups is 1. The van der Waals surface area contributed by atoms with Gasteiger partial charge in [-0.15, -0.1) is 0 Å². The van der Waals surface area contributed by atoms with Crippen LogP contribution < -0.4 is 5.73 Å². The Hall–Kier alpha value is -0.990. The van der Waals surface area contributed by atoms with Gasteiger partial charge in [0.2, 0.25) is 0 Å². The molecular weight excluding hydrogens is 272 g/mol. The van der Waals surface area contributed by atoms with Crippen molar-refractivity contribution >= 4 is 27.2 Å². The van der Waals surface area contributed by atoms with Crippen LogP contribution in [-0.4, -0.2) is 40.8 Å². The SMILES string of the molecule is CCN(CC(C)C(N)=S)S(=O)(=O)c1cnc(C)[nH]1. The van der Waals surface area contributed by atoms with Crippen LogP contribution >= 0.6 is 12.2 Å². The standard InChI is InChI=1S/C10H18N4O2S2/c1-4-14(6-7(2)10(11)17)18(15,16)9-5-12-8(3)13-9/h5,7H,4,6H2,1-3H3,(H2,11,17)(H,12,13). The lowest BCUT2D eigenvalue weighted by Crippen LogP contribution is -2.38. The normalized spacial score (nSPS) is 13.8. The molecule has 6 nitrogen and oxygen atoms in total. The van der Waals surface area contributed by atoms with E-state index in [4.69, 9.17) is 18.0 Å². The summed E-state index contributed by atoms with van der Waals surface area (Å²) in [7, 11) is -3.56. The summed E-state index contributed by atoms with van der Waals surface area (Å²) in [5, 5.41) is 0.0944. The zero-order chi connectivity index (χ0) is 13.9. The zero-order valence-corrected chi connectivity index (χ0v) is 12.3. The van der Waals surface area contributed by atoms with Gasteiger partial charge in [-0.1, -0.05) is 26.1 Å². The van der Waals surface area contributed by atoms with E-state index in [9.17, 15) is 8.42 Å². The maximum absolute atomic E-state index is 12.3. The Bertz CT molecular complexity index is 524. The van der Waals surface area contributed by atoms with Crippen LogP contribution in [0, 0.1) is 12.8 Å². The fraction of sp³-hybridized carbons (Fsp3) is 0.600. The van der Waals surface area contributed by atoms with Crippen LogP contribution in [0.2, 0.25) is 0 Å². The number of nitrogens with two attached hydrogens (primary N) is 1. The van der Waals surface area contributed by atoms with Crippen LogP contribution in [0.15, 0.2) is 11.2 Å². The van der Waals surface area contributed by atoms with Crippen LogP contribution in [0.5, 0.6) is 0 Å². The van der Waals surface area contributed by atoms with Crippen LogP contribution in [0.1, 0.15) is 19.7 Å². The number of hydrogen-bond acceptors (Lipinski definition) is 4. The quantitative estimate of drug-likeness (QED) is 0.751. The predicted molar refractivity (Wildman–Crippen MR) is 73.7 cm³/mol. The Labute approximate surface area is 113 Å². The Kier molecular flexibility index (Phi) is 4.83. The van der Waals surface area contributed by atoms with E-state index in [1.165, 1.54) is 10.5 Å². The molecule has 1 aromatic heterocycles. The van der Waals surface area contributed by atoms with Crippen LogP contribution in [0.25, 0.3) is 0 Å². The molecule has 1 aromatic rings. The minimum atomic E-state index is -3.56. The van der Waals surface area contributed by atoms with Gasteiger partial charge in [0.1, 0.15) is 5.82 Å². The number of aromatic nitrogens is 2. The molecule has 0 amide bonds. The van der Waals surface area contributed by atoms with Gasteiger partial charge in [-0.3, -0.25) is 0 Å². The monoisotopic (exact) mass is 290 g/mol. The van der Waals surface area contributed by atoms with Gasteiger partial charge in [-0.25, -0.2) is 13.4 Å². The molecule has 8 heteroatoms. The molecule has 0 saturated heterocycles. The molecule has 1 atom stereocenters. The molecule has 0 saturated carbocycles. The Morgan fingerprint density at radius 3 is 2.67 bits per heavy atom. The van der Waals surface area contributed by atoms with Gasteiger partial charge >= 0.3 is 0 Å². The molecule has 1 heterocycles. The summed E-state index contributed by atoms with van der Waals surface area (Å²) in [5.41, 5.74) is 5.51. The van der Waals surface area contributed by atoms with E-state index in [0.717, 1.165) is 0 Å². The predicted octanol–water partition coefficient (Wildman–Crippen LogP) is 0.651. The van der Waals surface area contributed by atoms with Gasteiger partial charge in [0.15, 0.2) is 5.03 Å². The molecule has 0 fully saturated rings. The van der Waals surface area contributed by atoms with Gasteiger partial charge in [-0.2, -0.15) is 4.31 Å². The maximum atomic E-state index is 12.3. The molecule has 102 valence electrons. The van der Waals surface area contributed by atoms with E-state index in [1.807, 2.05) is 0 Å². The average Bonchev–Trinajstić information content (AvgIpc) is 2.72. The number of sulfonamides is 1. The second kappa shape index (κ2) is 5.77. The van der Waals surface area contributed by atoms with E-state index >= 15 is 0 Å². The third kappa shape index (κ3) is 3.27. The Morgan fingerprint density at radius 2 is 2.28 bits per heavy atom.